The van der Waals surface area contributed by atoms with Gasteiger partial charge in [0.15, 0.2) is 5.60 Å². The molecule has 0 radical (unpaired) electrons. The minimum Gasteiger partial charge on any atom is -0.478 e. The molecule has 1 N–H and O–H groups in total. The first-order valence-electron chi connectivity index (χ1n) is 10.3. The number of carboxylic acids is 1. The minimum atomic E-state index is -4.38. The van der Waals surface area contributed by atoms with Crippen molar-refractivity contribution in [3.8, 4) is 16.3 Å². The standard InChI is InChI=1S/C24H24F3N3O3S/c1-4-13-30(14-16-5-11-19(12-6-16)33-23(2,3)22(31)32)15-20-28-29-21(34-20)17-7-9-18(10-8-17)24(25,26)27/h4-12H,1,13-15H2,2-3H3,(H,31,32). The van der Waals surface area contributed by atoms with Crippen LogP contribution in [-0.4, -0.2) is 38.3 Å². The molecule has 3 rings (SSSR count). The van der Waals surface area contributed by atoms with Gasteiger partial charge in [0, 0.05) is 18.7 Å². The second kappa shape index (κ2) is 10.4. The summed E-state index contributed by atoms with van der Waals surface area (Å²) in [6.45, 7) is 8.39. The van der Waals surface area contributed by atoms with Gasteiger partial charge in [0.2, 0.25) is 0 Å². The lowest BCUT2D eigenvalue weighted by atomic mass is 10.1. The van der Waals surface area contributed by atoms with Gasteiger partial charge in [-0.1, -0.05) is 41.7 Å². The third-order valence-corrected chi connectivity index (χ3v) is 5.85. The van der Waals surface area contributed by atoms with E-state index in [2.05, 4.69) is 21.7 Å². The van der Waals surface area contributed by atoms with E-state index in [-0.39, 0.29) is 0 Å². The van der Waals surface area contributed by atoms with Crippen molar-refractivity contribution < 1.29 is 27.8 Å². The predicted octanol–water partition coefficient (Wildman–Crippen LogP) is 5.65. The van der Waals surface area contributed by atoms with Gasteiger partial charge in [-0.05, 0) is 43.7 Å². The van der Waals surface area contributed by atoms with Crippen molar-refractivity contribution in [2.45, 2.75) is 38.7 Å². The Morgan fingerprint density at radius 3 is 2.29 bits per heavy atom. The van der Waals surface area contributed by atoms with Gasteiger partial charge in [-0.3, -0.25) is 4.90 Å². The van der Waals surface area contributed by atoms with Crippen LogP contribution in [0.1, 0.15) is 30.0 Å². The van der Waals surface area contributed by atoms with Gasteiger partial charge in [-0.15, -0.1) is 16.8 Å². The summed E-state index contributed by atoms with van der Waals surface area (Å²) in [6.07, 6.45) is -2.61. The van der Waals surface area contributed by atoms with Gasteiger partial charge in [0.05, 0.1) is 12.1 Å². The van der Waals surface area contributed by atoms with E-state index in [1.807, 2.05) is 12.1 Å². The number of hydrogen-bond donors (Lipinski definition) is 1. The number of halogens is 3. The molecule has 0 spiro atoms. The first-order chi connectivity index (χ1) is 16.0. The molecule has 0 saturated heterocycles. The Morgan fingerprint density at radius 1 is 1.09 bits per heavy atom. The summed E-state index contributed by atoms with van der Waals surface area (Å²) in [7, 11) is 0. The van der Waals surface area contributed by atoms with Crippen molar-refractivity contribution >= 4 is 17.3 Å². The number of carbonyl (C=O) groups is 1. The lowest BCUT2D eigenvalue weighted by Gasteiger charge is -2.22. The zero-order valence-electron chi connectivity index (χ0n) is 18.7. The molecule has 0 saturated carbocycles. The van der Waals surface area contributed by atoms with Crippen molar-refractivity contribution in [2.75, 3.05) is 6.54 Å². The van der Waals surface area contributed by atoms with Crippen LogP contribution in [0.4, 0.5) is 13.2 Å². The third-order valence-electron chi connectivity index (χ3n) is 4.89. The molecule has 1 aromatic heterocycles. The normalized spacial score (nSPS) is 12.1. The Hall–Kier alpha value is -3.24. The topological polar surface area (TPSA) is 75.5 Å². The van der Waals surface area contributed by atoms with Crippen LogP contribution in [0.25, 0.3) is 10.6 Å². The molecular formula is C24H24F3N3O3S. The molecule has 0 unspecified atom stereocenters. The summed E-state index contributed by atoms with van der Waals surface area (Å²) >= 11 is 1.32. The largest absolute Gasteiger partial charge is 0.478 e. The van der Waals surface area contributed by atoms with Gasteiger partial charge < -0.3 is 9.84 Å². The highest BCUT2D eigenvalue weighted by molar-refractivity contribution is 7.14. The predicted molar refractivity (Wildman–Crippen MR) is 123 cm³/mol. The number of carboxylic acid groups (broad SMARTS) is 1. The van der Waals surface area contributed by atoms with Crippen LogP contribution in [0.5, 0.6) is 5.75 Å². The van der Waals surface area contributed by atoms with E-state index in [4.69, 9.17) is 4.74 Å². The highest BCUT2D eigenvalue weighted by Gasteiger charge is 2.30. The van der Waals surface area contributed by atoms with E-state index in [0.29, 0.717) is 36.0 Å². The highest BCUT2D eigenvalue weighted by Crippen LogP contribution is 2.32. The SMILES string of the molecule is C=CCN(Cc1ccc(OC(C)(C)C(=O)O)cc1)Cc1nnc(-c2ccc(C(F)(F)F)cc2)s1. The van der Waals surface area contributed by atoms with Crippen molar-refractivity contribution in [2.24, 2.45) is 0 Å². The lowest BCUT2D eigenvalue weighted by Crippen LogP contribution is -2.37. The molecule has 0 fully saturated rings. The number of ether oxygens (including phenoxy) is 1. The Labute approximate surface area is 199 Å². The van der Waals surface area contributed by atoms with Gasteiger partial charge in [0.1, 0.15) is 15.8 Å². The second-order valence-corrected chi connectivity index (χ2v) is 9.16. The number of hydrogen-bond acceptors (Lipinski definition) is 6. The Bertz CT molecular complexity index is 1130. The second-order valence-electron chi connectivity index (χ2n) is 8.10. The Kier molecular flexibility index (Phi) is 7.73. The van der Waals surface area contributed by atoms with Crippen molar-refractivity contribution in [1.82, 2.24) is 15.1 Å². The molecule has 0 aliphatic heterocycles. The zero-order chi connectivity index (χ0) is 24.9. The zero-order valence-corrected chi connectivity index (χ0v) is 19.5. The van der Waals surface area contributed by atoms with Crippen LogP contribution in [-0.2, 0) is 24.1 Å². The smallest absolute Gasteiger partial charge is 0.416 e. The Morgan fingerprint density at radius 2 is 1.74 bits per heavy atom. The van der Waals surface area contributed by atoms with E-state index >= 15 is 0 Å². The molecule has 2 aromatic carbocycles. The first-order valence-corrected chi connectivity index (χ1v) is 11.1. The number of nitrogens with zero attached hydrogens (tertiary/aromatic N) is 3. The van der Waals surface area contributed by atoms with Crippen molar-refractivity contribution in [3.05, 3.63) is 77.3 Å². The average molecular weight is 492 g/mol. The van der Waals surface area contributed by atoms with Crippen LogP contribution >= 0.6 is 11.3 Å². The van der Waals surface area contributed by atoms with Crippen LogP contribution in [0.2, 0.25) is 0 Å². The van der Waals surface area contributed by atoms with Gasteiger partial charge in [-0.2, -0.15) is 13.2 Å². The molecule has 6 nitrogen and oxygen atoms in total. The maximum Gasteiger partial charge on any atom is 0.416 e. The number of rotatable bonds is 10. The fourth-order valence-electron chi connectivity index (χ4n) is 3.05. The fraction of sp³-hybridized carbons (Fsp3) is 0.292. The van der Waals surface area contributed by atoms with Gasteiger partial charge >= 0.3 is 12.1 Å². The first kappa shape index (κ1) is 25.4. The lowest BCUT2D eigenvalue weighted by molar-refractivity contribution is -0.152. The fourth-order valence-corrected chi connectivity index (χ4v) is 3.94. The summed E-state index contributed by atoms with van der Waals surface area (Å²) in [5.41, 5.74) is -0.485. The summed E-state index contributed by atoms with van der Waals surface area (Å²) in [5.74, 6) is -0.599. The van der Waals surface area contributed by atoms with Gasteiger partial charge in [-0.25, -0.2) is 4.79 Å². The molecule has 0 amide bonds. The van der Waals surface area contributed by atoms with Crippen LogP contribution in [0.3, 0.4) is 0 Å². The molecule has 10 heteroatoms. The van der Waals surface area contributed by atoms with E-state index < -0.39 is 23.3 Å². The molecule has 0 atom stereocenters. The van der Waals surface area contributed by atoms with Crippen LogP contribution in [0, 0.1) is 0 Å². The quantitative estimate of drug-likeness (QED) is 0.369. The van der Waals surface area contributed by atoms with Crippen LogP contribution < -0.4 is 4.74 Å². The van der Waals surface area contributed by atoms with Gasteiger partial charge in [0.25, 0.3) is 0 Å². The van der Waals surface area contributed by atoms with E-state index in [0.717, 1.165) is 22.7 Å². The molecule has 1 heterocycles. The molecular weight excluding hydrogens is 467 g/mol. The summed E-state index contributed by atoms with van der Waals surface area (Å²) < 4.78 is 43.9. The Balaban J connectivity index is 1.66. The molecule has 34 heavy (non-hydrogen) atoms. The van der Waals surface area contributed by atoms with Crippen molar-refractivity contribution in [3.63, 3.8) is 0 Å². The molecule has 3 aromatic rings. The maximum atomic E-state index is 12.8. The van der Waals surface area contributed by atoms with E-state index in [9.17, 15) is 23.1 Å². The summed E-state index contributed by atoms with van der Waals surface area (Å²) in [6, 6.07) is 12.0. The summed E-state index contributed by atoms with van der Waals surface area (Å²) in [5, 5.41) is 18.8. The molecule has 0 aliphatic rings. The van der Waals surface area contributed by atoms with E-state index in [1.54, 1.807) is 18.2 Å². The highest BCUT2D eigenvalue weighted by atomic mass is 32.1. The number of aliphatic carboxylic acids is 1. The number of alkyl halides is 3. The third kappa shape index (κ3) is 6.64. The maximum absolute atomic E-state index is 12.8. The minimum absolute atomic E-state index is 0.455. The molecule has 0 bridgehead atoms. The number of benzene rings is 2. The van der Waals surface area contributed by atoms with Crippen LogP contribution in [0.15, 0.2) is 61.2 Å². The number of aromatic nitrogens is 2. The molecule has 180 valence electrons. The summed E-state index contributed by atoms with van der Waals surface area (Å²) in [4.78, 5) is 13.3. The monoisotopic (exact) mass is 491 g/mol. The van der Waals surface area contributed by atoms with E-state index in [1.165, 1.54) is 37.3 Å². The average Bonchev–Trinajstić information content (AvgIpc) is 3.23. The van der Waals surface area contributed by atoms with Crippen molar-refractivity contribution in [1.29, 1.82) is 0 Å². The molecule has 0 aliphatic carbocycles.